The lowest BCUT2D eigenvalue weighted by atomic mass is 10.1. The van der Waals surface area contributed by atoms with Crippen molar-refractivity contribution in [3.63, 3.8) is 0 Å². The Bertz CT molecular complexity index is 785. The van der Waals surface area contributed by atoms with Gasteiger partial charge in [0.05, 0.1) is 16.6 Å². The molecule has 0 unspecified atom stereocenters. The van der Waals surface area contributed by atoms with Gasteiger partial charge in [-0.15, -0.1) is 11.3 Å². The minimum atomic E-state index is 0.756. The second-order valence-electron chi connectivity index (χ2n) is 5.74. The summed E-state index contributed by atoms with van der Waals surface area (Å²) < 4.78 is 6.02. The van der Waals surface area contributed by atoms with Crippen LogP contribution in [0, 0.1) is 0 Å². The summed E-state index contributed by atoms with van der Waals surface area (Å²) in [5.41, 5.74) is 5.29. The first-order valence-corrected chi connectivity index (χ1v) is 9.34. The first-order chi connectivity index (χ1) is 11.8. The van der Waals surface area contributed by atoms with Gasteiger partial charge in [0.2, 0.25) is 5.89 Å². The number of hydrogen-bond acceptors (Lipinski definition) is 4. The maximum absolute atomic E-state index is 6.02. The van der Waals surface area contributed by atoms with E-state index in [1.54, 1.807) is 11.3 Å². The van der Waals surface area contributed by atoms with Crippen LogP contribution in [0.25, 0.3) is 27.3 Å². The molecule has 0 radical (unpaired) electrons. The van der Waals surface area contributed by atoms with Crippen LogP contribution in [0.5, 0.6) is 0 Å². The van der Waals surface area contributed by atoms with Crippen LogP contribution in [0.15, 0.2) is 52.7 Å². The van der Waals surface area contributed by atoms with Gasteiger partial charge in [0, 0.05) is 17.3 Å². The summed E-state index contributed by atoms with van der Waals surface area (Å²) in [6.45, 7) is 4.37. The molecule has 0 amide bonds. The average Bonchev–Trinajstić information content (AvgIpc) is 3.30. The van der Waals surface area contributed by atoms with Gasteiger partial charge in [-0.3, -0.25) is 4.98 Å². The highest BCUT2D eigenvalue weighted by Crippen LogP contribution is 2.29. The molecule has 3 aromatic rings. The summed E-state index contributed by atoms with van der Waals surface area (Å²) in [7, 11) is 0. The SMILES string of the molecule is CCC/C=C(\CCC)c1ncc(-c2ccc(-c3cncs3)cc2)o1. The number of hydrogen-bond donors (Lipinski definition) is 0. The van der Waals surface area contributed by atoms with Gasteiger partial charge in [-0.1, -0.05) is 57.0 Å². The van der Waals surface area contributed by atoms with Crippen molar-refractivity contribution in [3.05, 3.63) is 54.1 Å². The van der Waals surface area contributed by atoms with Gasteiger partial charge in [-0.2, -0.15) is 0 Å². The Morgan fingerprint density at radius 2 is 1.88 bits per heavy atom. The van der Waals surface area contributed by atoms with Crippen LogP contribution in [0.4, 0.5) is 0 Å². The number of benzene rings is 1. The summed E-state index contributed by atoms with van der Waals surface area (Å²) in [5, 5.41) is 0. The molecule has 3 nitrogen and oxygen atoms in total. The zero-order chi connectivity index (χ0) is 16.8. The Hall–Kier alpha value is -2.20. The van der Waals surface area contributed by atoms with E-state index in [1.807, 2.05) is 17.9 Å². The predicted octanol–water partition coefficient (Wildman–Crippen LogP) is 6.45. The monoisotopic (exact) mass is 338 g/mol. The van der Waals surface area contributed by atoms with Crippen molar-refractivity contribution < 1.29 is 4.42 Å². The molecular weight excluding hydrogens is 316 g/mol. The lowest BCUT2D eigenvalue weighted by Crippen LogP contribution is -1.84. The molecule has 0 saturated carbocycles. The molecule has 0 aliphatic carbocycles. The third-order valence-corrected chi connectivity index (χ3v) is 4.69. The van der Waals surface area contributed by atoms with E-state index in [2.05, 4.69) is 54.2 Å². The second-order valence-corrected chi connectivity index (χ2v) is 6.63. The minimum Gasteiger partial charge on any atom is -0.437 e. The summed E-state index contributed by atoms with van der Waals surface area (Å²) in [4.78, 5) is 9.80. The third-order valence-electron chi connectivity index (χ3n) is 3.87. The number of thiazole rings is 1. The van der Waals surface area contributed by atoms with Crippen molar-refractivity contribution in [2.75, 3.05) is 0 Å². The molecule has 0 atom stereocenters. The van der Waals surface area contributed by atoms with E-state index in [9.17, 15) is 0 Å². The van der Waals surface area contributed by atoms with Gasteiger partial charge in [0.25, 0.3) is 0 Å². The molecule has 3 rings (SSSR count). The highest BCUT2D eigenvalue weighted by molar-refractivity contribution is 7.13. The van der Waals surface area contributed by atoms with Gasteiger partial charge in [0.15, 0.2) is 5.76 Å². The molecular formula is C20H22N2OS. The molecule has 0 aliphatic heterocycles. The van der Waals surface area contributed by atoms with Crippen LogP contribution in [-0.2, 0) is 0 Å². The smallest absolute Gasteiger partial charge is 0.222 e. The summed E-state index contributed by atoms with van der Waals surface area (Å²) in [6.07, 6.45) is 10.3. The predicted molar refractivity (Wildman–Crippen MR) is 101 cm³/mol. The molecule has 2 heterocycles. The number of unbranched alkanes of at least 4 members (excludes halogenated alkanes) is 1. The lowest BCUT2D eigenvalue weighted by molar-refractivity contribution is 0.551. The number of allylic oxidation sites excluding steroid dienone is 2. The maximum atomic E-state index is 6.02. The van der Waals surface area contributed by atoms with Crippen molar-refractivity contribution in [2.45, 2.75) is 39.5 Å². The van der Waals surface area contributed by atoms with Crippen molar-refractivity contribution in [3.8, 4) is 21.8 Å². The van der Waals surface area contributed by atoms with E-state index in [-0.39, 0.29) is 0 Å². The van der Waals surface area contributed by atoms with E-state index < -0.39 is 0 Å². The van der Waals surface area contributed by atoms with Crippen molar-refractivity contribution in [1.29, 1.82) is 0 Å². The molecule has 0 N–H and O–H groups in total. The lowest BCUT2D eigenvalue weighted by Gasteiger charge is -2.02. The Balaban J connectivity index is 1.82. The number of nitrogens with zero attached hydrogens (tertiary/aromatic N) is 2. The summed E-state index contributed by atoms with van der Waals surface area (Å²) >= 11 is 1.64. The van der Waals surface area contributed by atoms with Crippen molar-refractivity contribution in [2.24, 2.45) is 0 Å². The Labute approximate surface area is 147 Å². The van der Waals surface area contributed by atoms with E-state index in [0.29, 0.717) is 0 Å². The molecule has 124 valence electrons. The fourth-order valence-corrected chi connectivity index (χ4v) is 3.23. The molecule has 0 fully saturated rings. The molecule has 4 heteroatoms. The molecule has 0 aliphatic rings. The summed E-state index contributed by atoms with van der Waals surface area (Å²) in [5.74, 6) is 1.58. The number of aromatic nitrogens is 2. The van der Waals surface area contributed by atoms with Gasteiger partial charge >= 0.3 is 0 Å². The fraction of sp³-hybridized carbons (Fsp3) is 0.300. The fourth-order valence-electron chi connectivity index (χ4n) is 2.60. The molecule has 0 saturated heterocycles. The molecule has 1 aromatic carbocycles. The van der Waals surface area contributed by atoms with Crippen LogP contribution in [0.1, 0.15) is 45.4 Å². The van der Waals surface area contributed by atoms with E-state index in [1.165, 1.54) is 16.0 Å². The van der Waals surface area contributed by atoms with Crippen LogP contribution in [-0.4, -0.2) is 9.97 Å². The van der Waals surface area contributed by atoms with Crippen LogP contribution in [0.2, 0.25) is 0 Å². The van der Waals surface area contributed by atoms with Gasteiger partial charge < -0.3 is 4.42 Å². The largest absolute Gasteiger partial charge is 0.437 e. The van der Waals surface area contributed by atoms with E-state index >= 15 is 0 Å². The minimum absolute atomic E-state index is 0.756. The molecule has 24 heavy (non-hydrogen) atoms. The van der Waals surface area contributed by atoms with Crippen molar-refractivity contribution >= 4 is 16.9 Å². The highest BCUT2D eigenvalue weighted by atomic mass is 32.1. The Morgan fingerprint density at radius 1 is 1.08 bits per heavy atom. The van der Waals surface area contributed by atoms with Gasteiger partial charge in [-0.05, 0) is 18.4 Å². The highest BCUT2D eigenvalue weighted by Gasteiger charge is 2.10. The first kappa shape index (κ1) is 16.7. The molecule has 0 bridgehead atoms. The number of rotatable bonds is 7. The zero-order valence-corrected chi connectivity index (χ0v) is 15.0. The Morgan fingerprint density at radius 3 is 2.54 bits per heavy atom. The standard InChI is InChI=1S/C20H22N2OS/c1-3-5-7-17(6-4-2)20-22-12-18(23-20)15-8-10-16(11-9-15)19-13-21-14-24-19/h7-14H,3-6H2,1-2H3/b17-7+. The molecule has 0 spiro atoms. The topological polar surface area (TPSA) is 38.9 Å². The van der Waals surface area contributed by atoms with Gasteiger partial charge in [-0.25, -0.2) is 4.98 Å². The van der Waals surface area contributed by atoms with Crippen LogP contribution < -0.4 is 0 Å². The van der Waals surface area contributed by atoms with Crippen molar-refractivity contribution in [1.82, 2.24) is 9.97 Å². The van der Waals surface area contributed by atoms with E-state index in [0.717, 1.165) is 42.9 Å². The maximum Gasteiger partial charge on any atom is 0.222 e. The zero-order valence-electron chi connectivity index (χ0n) is 14.2. The van der Waals surface area contributed by atoms with E-state index in [4.69, 9.17) is 4.42 Å². The first-order valence-electron chi connectivity index (χ1n) is 8.46. The normalized spacial score (nSPS) is 11.8. The average molecular weight is 338 g/mol. The van der Waals surface area contributed by atoms with Crippen LogP contribution in [0.3, 0.4) is 0 Å². The third kappa shape index (κ3) is 3.82. The van der Waals surface area contributed by atoms with Gasteiger partial charge in [0.1, 0.15) is 0 Å². The van der Waals surface area contributed by atoms with Crippen LogP contribution >= 0.6 is 11.3 Å². The Kier molecular flexibility index (Phi) is 5.59. The summed E-state index contributed by atoms with van der Waals surface area (Å²) in [6, 6.07) is 8.36. The number of oxazole rings is 1. The quantitative estimate of drug-likeness (QED) is 0.497. The molecule has 2 aromatic heterocycles. The second kappa shape index (κ2) is 8.06.